The average Bonchev–Trinajstić information content (AvgIpc) is 3.06. The van der Waals surface area contributed by atoms with E-state index in [0.717, 1.165) is 30.8 Å². The van der Waals surface area contributed by atoms with Crippen molar-refractivity contribution in [3.05, 3.63) is 29.8 Å². The number of nitrogens with one attached hydrogen (secondary N) is 1. The van der Waals surface area contributed by atoms with Crippen molar-refractivity contribution in [1.29, 1.82) is 0 Å². The molecule has 2 rings (SSSR count). The van der Waals surface area contributed by atoms with Crippen molar-refractivity contribution in [3.8, 4) is 5.75 Å². The van der Waals surface area contributed by atoms with Gasteiger partial charge >= 0.3 is 5.97 Å². The summed E-state index contributed by atoms with van der Waals surface area (Å²) >= 11 is 0. The fourth-order valence-electron chi connectivity index (χ4n) is 2.77. The second-order valence-corrected chi connectivity index (χ2v) is 5.79. The van der Waals surface area contributed by atoms with E-state index in [4.69, 9.17) is 14.6 Å². The molecule has 0 spiro atoms. The number of carbonyl (C=O) groups excluding carboxylic acids is 1. The van der Waals surface area contributed by atoms with Gasteiger partial charge in [-0.15, -0.1) is 0 Å². The first-order valence-electron chi connectivity index (χ1n) is 8.03. The van der Waals surface area contributed by atoms with Crippen molar-refractivity contribution < 1.29 is 24.2 Å². The van der Waals surface area contributed by atoms with Crippen molar-refractivity contribution in [1.82, 2.24) is 10.2 Å². The van der Waals surface area contributed by atoms with Gasteiger partial charge in [0.05, 0.1) is 19.8 Å². The fraction of sp³-hybridized carbons (Fsp3) is 0.529. The Morgan fingerprint density at radius 3 is 2.88 bits per heavy atom. The lowest BCUT2D eigenvalue weighted by atomic mass is 10.1. The highest BCUT2D eigenvalue weighted by Crippen LogP contribution is 2.21. The molecule has 1 amide bonds. The molecule has 7 nitrogen and oxygen atoms in total. The number of methoxy groups -OCH3 is 1. The minimum Gasteiger partial charge on any atom is -0.496 e. The Bertz CT molecular complexity index is 558. The minimum absolute atomic E-state index is 0.104. The molecule has 1 aromatic rings. The number of hydrogen-bond donors (Lipinski definition) is 2. The van der Waals surface area contributed by atoms with E-state index in [1.165, 1.54) is 0 Å². The normalized spacial score (nSPS) is 17.0. The van der Waals surface area contributed by atoms with Crippen LogP contribution in [0.5, 0.6) is 5.75 Å². The van der Waals surface area contributed by atoms with Gasteiger partial charge in [0, 0.05) is 25.3 Å². The molecule has 1 saturated heterocycles. The summed E-state index contributed by atoms with van der Waals surface area (Å²) in [5, 5.41) is 11.1. The number of hydrogen-bond acceptors (Lipinski definition) is 5. The van der Waals surface area contributed by atoms with Gasteiger partial charge in [0.2, 0.25) is 5.91 Å². The van der Waals surface area contributed by atoms with Crippen LogP contribution in [0.1, 0.15) is 18.4 Å². The third-order valence-electron chi connectivity index (χ3n) is 3.88. The monoisotopic (exact) mass is 336 g/mol. The number of ether oxygens (including phenoxy) is 2. The van der Waals surface area contributed by atoms with Crippen molar-refractivity contribution in [2.75, 3.05) is 33.4 Å². The van der Waals surface area contributed by atoms with E-state index < -0.39 is 5.97 Å². The zero-order valence-corrected chi connectivity index (χ0v) is 13.9. The second-order valence-electron chi connectivity index (χ2n) is 5.79. The third kappa shape index (κ3) is 5.82. The summed E-state index contributed by atoms with van der Waals surface area (Å²) in [5.74, 6) is -0.607. The molecule has 1 fully saturated rings. The van der Waals surface area contributed by atoms with E-state index in [1.807, 2.05) is 29.2 Å². The van der Waals surface area contributed by atoms with Crippen LogP contribution < -0.4 is 10.1 Å². The Kier molecular flexibility index (Phi) is 7.02. The van der Waals surface area contributed by atoms with E-state index in [-0.39, 0.29) is 25.1 Å². The smallest absolute Gasteiger partial charge is 0.322 e. The molecule has 0 aliphatic carbocycles. The molecule has 132 valence electrons. The molecular formula is C17H24N2O5. The lowest BCUT2D eigenvalue weighted by Gasteiger charge is -2.25. The lowest BCUT2D eigenvalue weighted by Crippen LogP contribution is -2.41. The van der Waals surface area contributed by atoms with Crippen LogP contribution in [0.3, 0.4) is 0 Å². The summed E-state index contributed by atoms with van der Waals surface area (Å²) in [6.07, 6.45) is 2.10. The number of carboxylic acid groups (broad SMARTS) is 1. The van der Waals surface area contributed by atoms with Gasteiger partial charge in [-0.05, 0) is 18.9 Å². The number of benzene rings is 1. The average molecular weight is 336 g/mol. The number of aliphatic carboxylic acids is 1. The number of carbonyl (C=O) groups is 2. The molecule has 1 aromatic carbocycles. The predicted molar refractivity (Wildman–Crippen MR) is 87.9 cm³/mol. The number of nitrogens with zero attached hydrogens (tertiary/aromatic N) is 1. The van der Waals surface area contributed by atoms with E-state index in [2.05, 4.69) is 5.32 Å². The molecule has 1 atom stereocenters. The van der Waals surface area contributed by atoms with Gasteiger partial charge in [0.25, 0.3) is 0 Å². The molecule has 0 bridgehead atoms. The molecule has 0 radical (unpaired) electrons. The molecule has 0 aromatic heterocycles. The van der Waals surface area contributed by atoms with E-state index in [1.54, 1.807) is 7.11 Å². The van der Waals surface area contributed by atoms with Crippen LogP contribution in [0, 0.1) is 0 Å². The van der Waals surface area contributed by atoms with Gasteiger partial charge in [0.15, 0.2) is 0 Å². The van der Waals surface area contributed by atoms with Crippen molar-refractivity contribution in [2.24, 2.45) is 0 Å². The number of rotatable bonds is 9. The van der Waals surface area contributed by atoms with E-state index in [0.29, 0.717) is 13.1 Å². The minimum atomic E-state index is -1.06. The zero-order valence-electron chi connectivity index (χ0n) is 13.9. The maximum absolute atomic E-state index is 12.0. The first-order chi connectivity index (χ1) is 11.6. The van der Waals surface area contributed by atoms with Gasteiger partial charge in [0.1, 0.15) is 12.3 Å². The Labute approximate surface area is 141 Å². The van der Waals surface area contributed by atoms with Crippen LogP contribution in [0.2, 0.25) is 0 Å². The maximum Gasteiger partial charge on any atom is 0.322 e. The van der Waals surface area contributed by atoms with Crippen LogP contribution in [0.25, 0.3) is 0 Å². The van der Waals surface area contributed by atoms with Crippen molar-refractivity contribution >= 4 is 11.9 Å². The van der Waals surface area contributed by atoms with Crippen LogP contribution in [0.15, 0.2) is 24.3 Å². The van der Waals surface area contributed by atoms with Gasteiger partial charge < -0.3 is 19.9 Å². The van der Waals surface area contributed by atoms with Gasteiger partial charge in [-0.3, -0.25) is 14.5 Å². The highest BCUT2D eigenvalue weighted by molar-refractivity contribution is 5.82. The number of amides is 1. The summed E-state index contributed by atoms with van der Waals surface area (Å²) in [4.78, 5) is 24.5. The molecule has 7 heteroatoms. The van der Waals surface area contributed by atoms with Gasteiger partial charge in [-0.1, -0.05) is 18.2 Å². The standard InChI is InChI=1S/C17H24N2O5/c1-23-15-7-3-2-5-13(15)10-19(11-14-6-4-8-24-14)12-16(20)18-9-17(21)22/h2-3,5,7,14H,4,6,8-12H2,1H3,(H,18,20)(H,21,22). The Morgan fingerprint density at radius 1 is 1.42 bits per heavy atom. The molecule has 1 unspecified atom stereocenters. The van der Waals surface area contributed by atoms with Crippen molar-refractivity contribution in [2.45, 2.75) is 25.5 Å². The lowest BCUT2D eigenvalue weighted by molar-refractivity contribution is -0.138. The molecule has 24 heavy (non-hydrogen) atoms. The zero-order chi connectivity index (χ0) is 17.4. The van der Waals surface area contributed by atoms with Crippen molar-refractivity contribution in [3.63, 3.8) is 0 Å². The first-order valence-corrected chi connectivity index (χ1v) is 8.03. The summed E-state index contributed by atoms with van der Waals surface area (Å²) < 4.78 is 11.0. The summed E-state index contributed by atoms with van der Waals surface area (Å²) in [7, 11) is 1.61. The van der Waals surface area contributed by atoms with E-state index >= 15 is 0 Å². The largest absolute Gasteiger partial charge is 0.496 e. The number of para-hydroxylation sites is 1. The SMILES string of the molecule is COc1ccccc1CN(CC(=O)NCC(=O)O)CC1CCCO1. The second kappa shape index (κ2) is 9.24. The summed E-state index contributed by atoms with van der Waals surface area (Å²) in [6, 6.07) is 7.65. The fourth-order valence-corrected chi connectivity index (χ4v) is 2.77. The third-order valence-corrected chi connectivity index (χ3v) is 3.88. The molecule has 1 heterocycles. The van der Waals surface area contributed by atoms with E-state index in [9.17, 15) is 9.59 Å². The quantitative estimate of drug-likeness (QED) is 0.696. The molecule has 1 aliphatic heterocycles. The molecule has 0 saturated carbocycles. The number of carboxylic acids is 1. The molecule has 1 aliphatic rings. The van der Waals surface area contributed by atoms with Crippen LogP contribution in [0.4, 0.5) is 0 Å². The predicted octanol–water partition coefficient (Wildman–Crippen LogP) is 0.877. The van der Waals surface area contributed by atoms with Crippen LogP contribution in [-0.2, 0) is 20.9 Å². The Morgan fingerprint density at radius 2 is 2.21 bits per heavy atom. The summed E-state index contributed by atoms with van der Waals surface area (Å²) in [6.45, 7) is 1.65. The maximum atomic E-state index is 12.0. The summed E-state index contributed by atoms with van der Waals surface area (Å²) in [5.41, 5.74) is 0.976. The topological polar surface area (TPSA) is 88.1 Å². The highest BCUT2D eigenvalue weighted by atomic mass is 16.5. The highest BCUT2D eigenvalue weighted by Gasteiger charge is 2.22. The molecule has 2 N–H and O–H groups in total. The Balaban J connectivity index is 2.01. The van der Waals surface area contributed by atoms with Crippen LogP contribution in [-0.4, -0.2) is 61.3 Å². The van der Waals surface area contributed by atoms with Gasteiger partial charge in [-0.25, -0.2) is 0 Å². The first kappa shape index (κ1) is 18.2. The van der Waals surface area contributed by atoms with Gasteiger partial charge in [-0.2, -0.15) is 0 Å². The molecular weight excluding hydrogens is 312 g/mol. The van der Waals surface area contributed by atoms with Crippen LogP contribution >= 0.6 is 0 Å². The Hall–Kier alpha value is -2.12.